The Labute approximate surface area is 95.9 Å². The highest BCUT2D eigenvalue weighted by Crippen LogP contribution is 2.12. The Morgan fingerprint density at radius 3 is 2.62 bits per heavy atom. The van der Waals surface area contributed by atoms with Crippen LogP contribution in [0.15, 0.2) is 42.0 Å². The van der Waals surface area contributed by atoms with Crippen LogP contribution < -0.4 is 0 Å². The molecule has 2 heteroatoms. The van der Waals surface area contributed by atoms with E-state index in [2.05, 4.69) is 19.9 Å². The molecule has 0 radical (unpaired) electrons. The van der Waals surface area contributed by atoms with Crippen molar-refractivity contribution in [1.29, 1.82) is 0 Å². The fraction of sp³-hybridized carbons (Fsp3) is 0.214. The SMILES string of the molecule is CC(C)=CCc1ccccc1/C=C/C(=O)O. The zero-order valence-corrected chi connectivity index (χ0v) is 9.60. The van der Waals surface area contributed by atoms with E-state index in [0.717, 1.165) is 17.5 Å². The van der Waals surface area contributed by atoms with Crippen LogP contribution in [0.2, 0.25) is 0 Å². The summed E-state index contributed by atoms with van der Waals surface area (Å²) in [4.78, 5) is 10.5. The average molecular weight is 216 g/mol. The largest absolute Gasteiger partial charge is 0.478 e. The van der Waals surface area contributed by atoms with Crippen molar-refractivity contribution in [2.24, 2.45) is 0 Å². The van der Waals surface area contributed by atoms with Crippen LogP contribution in [0, 0.1) is 0 Å². The van der Waals surface area contributed by atoms with Gasteiger partial charge in [0.25, 0.3) is 0 Å². The summed E-state index contributed by atoms with van der Waals surface area (Å²) in [6.07, 6.45) is 5.77. The maximum Gasteiger partial charge on any atom is 0.328 e. The monoisotopic (exact) mass is 216 g/mol. The number of carbonyl (C=O) groups is 1. The highest BCUT2D eigenvalue weighted by molar-refractivity contribution is 5.85. The number of carboxylic acids is 1. The third kappa shape index (κ3) is 4.13. The van der Waals surface area contributed by atoms with Crippen molar-refractivity contribution in [3.63, 3.8) is 0 Å². The zero-order valence-electron chi connectivity index (χ0n) is 9.60. The van der Waals surface area contributed by atoms with Gasteiger partial charge >= 0.3 is 5.97 Å². The van der Waals surface area contributed by atoms with Crippen LogP contribution in [0.5, 0.6) is 0 Å². The molecule has 0 aliphatic heterocycles. The van der Waals surface area contributed by atoms with E-state index in [1.165, 1.54) is 11.6 Å². The molecule has 0 bridgehead atoms. The first kappa shape index (κ1) is 12.2. The second-order valence-corrected chi connectivity index (χ2v) is 3.86. The van der Waals surface area contributed by atoms with Gasteiger partial charge in [0, 0.05) is 6.08 Å². The lowest BCUT2D eigenvalue weighted by Gasteiger charge is -2.02. The van der Waals surface area contributed by atoms with Crippen LogP contribution >= 0.6 is 0 Å². The number of allylic oxidation sites excluding steroid dienone is 2. The minimum atomic E-state index is -0.919. The summed E-state index contributed by atoms with van der Waals surface area (Å²) in [5.74, 6) is -0.919. The summed E-state index contributed by atoms with van der Waals surface area (Å²) in [6, 6.07) is 7.81. The van der Waals surface area contributed by atoms with Crippen molar-refractivity contribution in [3.05, 3.63) is 53.1 Å². The third-order valence-electron chi connectivity index (χ3n) is 2.19. The maximum atomic E-state index is 10.5. The Morgan fingerprint density at radius 1 is 1.31 bits per heavy atom. The Kier molecular flexibility index (Phi) is 4.52. The van der Waals surface area contributed by atoms with Gasteiger partial charge in [0.15, 0.2) is 0 Å². The van der Waals surface area contributed by atoms with Gasteiger partial charge < -0.3 is 5.11 Å². The average Bonchev–Trinajstić information content (AvgIpc) is 2.24. The van der Waals surface area contributed by atoms with Crippen molar-refractivity contribution in [2.75, 3.05) is 0 Å². The van der Waals surface area contributed by atoms with E-state index in [1.807, 2.05) is 24.3 Å². The molecule has 0 spiro atoms. The summed E-state index contributed by atoms with van der Waals surface area (Å²) < 4.78 is 0. The molecule has 1 aromatic carbocycles. The lowest BCUT2D eigenvalue weighted by Crippen LogP contribution is -1.90. The third-order valence-corrected chi connectivity index (χ3v) is 2.19. The summed E-state index contributed by atoms with van der Waals surface area (Å²) in [5.41, 5.74) is 3.36. The van der Waals surface area contributed by atoms with Gasteiger partial charge in [-0.15, -0.1) is 0 Å². The van der Waals surface area contributed by atoms with E-state index < -0.39 is 5.97 Å². The second kappa shape index (κ2) is 5.91. The van der Waals surface area contributed by atoms with Crippen LogP contribution in [0.1, 0.15) is 25.0 Å². The Bertz CT molecular complexity index is 424. The fourth-order valence-electron chi connectivity index (χ4n) is 1.36. The van der Waals surface area contributed by atoms with Crippen LogP contribution in [-0.4, -0.2) is 11.1 Å². The summed E-state index contributed by atoms with van der Waals surface area (Å²) in [5, 5.41) is 8.59. The van der Waals surface area contributed by atoms with Gasteiger partial charge in [0.1, 0.15) is 0 Å². The van der Waals surface area contributed by atoms with Crippen LogP contribution in [0.25, 0.3) is 6.08 Å². The highest BCUT2D eigenvalue weighted by Gasteiger charge is 1.97. The predicted molar refractivity (Wildman–Crippen MR) is 66.2 cm³/mol. The molecule has 1 N–H and O–H groups in total. The number of hydrogen-bond donors (Lipinski definition) is 1. The number of benzene rings is 1. The molecule has 1 aromatic rings. The van der Waals surface area contributed by atoms with E-state index in [-0.39, 0.29) is 0 Å². The molecule has 84 valence electrons. The van der Waals surface area contributed by atoms with Crippen molar-refractivity contribution < 1.29 is 9.90 Å². The first-order valence-electron chi connectivity index (χ1n) is 5.22. The molecular formula is C14H16O2. The standard InChI is InChI=1S/C14H16O2/c1-11(2)7-8-12-5-3-4-6-13(12)9-10-14(15)16/h3-7,9-10H,8H2,1-2H3,(H,15,16)/b10-9+. The zero-order chi connectivity index (χ0) is 12.0. The van der Waals surface area contributed by atoms with E-state index in [4.69, 9.17) is 5.11 Å². The molecule has 16 heavy (non-hydrogen) atoms. The second-order valence-electron chi connectivity index (χ2n) is 3.86. The van der Waals surface area contributed by atoms with Crippen molar-refractivity contribution in [2.45, 2.75) is 20.3 Å². The number of rotatable bonds is 4. The smallest absolute Gasteiger partial charge is 0.328 e. The molecule has 0 atom stereocenters. The molecule has 2 nitrogen and oxygen atoms in total. The topological polar surface area (TPSA) is 37.3 Å². The summed E-state index contributed by atoms with van der Waals surface area (Å²) in [6.45, 7) is 4.10. The molecular weight excluding hydrogens is 200 g/mol. The normalized spacial score (nSPS) is 10.4. The van der Waals surface area contributed by atoms with E-state index >= 15 is 0 Å². The van der Waals surface area contributed by atoms with E-state index in [0.29, 0.717) is 0 Å². The quantitative estimate of drug-likeness (QED) is 0.619. The summed E-state index contributed by atoms with van der Waals surface area (Å²) >= 11 is 0. The van der Waals surface area contributed by atoms with Crippen molar-refractivity contribution >= 4 is 12.0 Å². The molecule has 0 aromatic heterocycles. The van der Waals surface area contributed by atoms with Gasteiger partial charge in [0.05, 0.1) is 0 Å². The summed E-state index contributed by atoms with van der Waals surface area (Å²) in [7, 11) is 0. The van der Waals surface area contributed by atoms with Gasteiger partial charge in [-0.2, -0.15) is 0 Å². The molecule has 0 unspecified atom stereocenters. The Morgan fingerprint density at radius 2 is 2.00 bits per heavy atom. The van der Waals surface area contributed by atoms with Gasteiger partial charge in [-0.3, -0.25) is 0 Å². The molecule has 0 heterocycles. The molecule has 0 aliphatic rings. The van der Waals surface area contributed by atoms with Crippen LogP contribution in [0.4, 0.5) is 0 Å². The predicted octanol–water partition coefficient (Wildman–Crippen LogP) is 3.29. The number of aliphatic carboxylic acids is 1. The van der Waals surface area contributed by atoms with Crippen LogP contribution in [0.3, 0.4) is 0 Å². The van der Waals surface area contributed by atoms with E-state index in [1.54, 1.807) is 6.08 Å². The molecule has 0 aliphatic carbocycles. The van der Waals surface area contributed by atoms with Gasteiger partial charge in [-0.1, -0.05) is 35.9 Å². The minimum absolute atomic E-state index is 0.836. The van der Waals surface area contributed by atoms with E-state index in [9.17, 15) is 4.79 Å². The molecule has 0 saturated heterocycles. The van der Waals surface area contributed by atoms with Gasteiger partial charge in [-0.25, -0.2) is 4.79 Å². The first-order valence-corrected chi connectivity index (χ1v) is 5.22. The maximum absolute atomic E-state index is 10.5. The minimum Gasteiger partial charge on any atom is -0.478 e. The molecule has 0 amide bonds. The Hall–Kier alpha value is -1.83. The molecule has 1 rings (SSSR count). The first-order chi connectivity index (χ1) is 7.59. The van der Waals surface area contributed by atoms with Crippen LogP contribution in [-0.2, 0) is 11.2 Å². The molecule has 0 saturated carbocycles. The number of carboxylic acid groups (broad SMARTS) is 1. The fourth-order valence-corrected chi connectivity index (χ4v) is 1.36. The molecule has 0 fully saturated rings. The highest BCUT2D eigenvalue weighted by atomic mass is 16.4. The van der Waals surface area contributed by atoms with Crippen molar-refractivity contribution in [3.8, 4) is 0 Å². The Balaban J connectivity index is 2.91. The van der Waals surface area contributed by atoms with Gasteiger partial charge in [0.2, 0.25) is 0 Å². The van der Waals surface area contributed by atoms with Crippen molar-refractivity contribution in [1.82, 2.24) is 0 Å². The number of hydrogen-bond acceptors (Lipinski definition) is 1. The lowest BCUT2D eigenvalue weighted by molar-refractivity contribution is -0.131. The lowest BCUT2D eigenvalue weighted by atomic mass is 10.0. The van der Waals surface area contributed by atoms with Gasteiger partial charge in [-0.05, 0) is 37.5 Å².